The highest BCUT2D eigenvalue weighted by atomic mass is 19.4. The van der Waals surface area contributed by atoms with Gasteiger partial charge in [-0.3, -0.25) is 4.79 Å². The molecular formula is C18H12F3N3O4. The predicted octanol–water partition coefficient (Wildman–Crippen LogP) is 3.78. The standard InChI is InChI=1S/C18H12F3N3O4/c19-18(20,21)17-23-15(24-28-17)10-4-6-11(7-5-10)22-16(25)12-2-1-3-13-14(12)27-9-8-26-13/h1-7H,8-9H2,(H,22,25). The summed E-state index contributed by atoms with van der Waals surface area (Å²) >= 11 is 0. The first kappa shape index (κ1) is 17.8. The van der Waals surface area contributed by atoms with Gasteiger partial charge in [-0.15, -0.1) is 0 Å². The maximum Gasteiger partial charge on any atom is 0.471 e. The van der Waals surface area contributed by atoms with E-state index in [9.17, 15) is 18.0 Å². The Bertz CT molecular complexity index is 1020. The van der Waals surface area contributed by atoms with Crippen LogP contribution >= 0.6 is 0 Å². The molecule has 28 heavy (non-hydrogen) atoms. The summed E-state index contributed by atoms with van der Waals surface area (Å²) in [5, 5.41) is 6.01. The lowest BCUT2D eigenvalue weighted by Crippen LogP contribution is -2.20. The molecule has 0 saturated carbocycles. The van der Waals surface area contributed by atoms with E-state index in [-0.39, 0.29) is 5.82 Å². The van der Waals surface area contributed by atoms with Crippen molar-refractivity contribution in [3.63, 3.8) is 0 Å². The van der Waals surface area contributed by atoms with Crippen LogP contribution in [-0.4, -0.2) is 29.3 Å². The number of hydrogen-bond acceptors (Lipinski definition) is 6. The molecule has 4 rings (SSSR count). The Morgan fingerprint density at radius 3 is 2.50 bits per heavy atom. The Kier molecular flexibility index (Phi) is 4.38. The number of hydrogen-bond donors (Lipinski definition) is 1. The quantitative estimate of drug-likeness (QED) is 0.731. The molecule has 1 N–H and O–H groups in total. The van der Waals surface area contributed by atoms with E-state index in [0.29, 0.717) is 41.5 Å². The van der Waals surface area contributed by atoms with Crippen molar-refractivity contribution in [2.75, 3.05) is 18.5 Å². The van der Waals surface area contributed by atoms with Gasteiger partial charge in [-0.1, -0.05) is 11.2 Å². The van der Waals surface area contributed by atoms with Gasteiger partial charge in [0.1, 0.15) is 13.2 Å². The number of aromatic nitrogens is 2. The zero-order valence-corrected chi connectivity index (χ0v) is 14.1. The molecule has 0 fully saturated rings. The van der Waals surface area contributed by atoms with Gasteiger partial charge in [0, 0.05) is 11.3 Å². The van der Waals surface area contributed by atoms with Gasteiger partial charge in [0.25, 0.3) is 5.91 Å². The van der Waals surface area contributed by atoms with Crippen molar-refractivity contribution in [3.8, 4) is 22.9 Å². The summed E-state index contributed by atoms with van der Waals surface area (Å²) < 4.78 is 52.8. The minimum atomic E-state index is -4.71. The van der Waals surface area contributed by atoms with Crippen LogP contribution in [0, 0.1) is 0 Å². The molecule has 3 aromatic rings. The largest absolute Gasteiger partial charge is 0.486 e. The molecule has 7 nitrogen and oxygen atoms in total. The number of alkyl halides is 3. The minimum Gasteiger partial charge on any atom is -0.486 e. The third-order valence-corrected chi connectivity index (χ3v) is 3.88. The summed E-state index contributed by atoms with van der Waals surface area (Å²) in [5.41, 5.74) is 1.06. The van der Waals surface area contributed by atoms with Gasteiger partial charge in [-0.05, 0) is 36.4 Å². The van der Waals surface area contributed by atoms with Crippen LogP contribution in [-0.2, 0) is 6.18 Å². The number of ether oxygens (including phenoxy) is 2. The van der Waals surface area contributed by atoms with Crippen molar-refractivity contribution in [2.45, 2.75) is 6.18 Å². The second-order valence-corrected chi connectivity index (χ2v) is 5.78. The van der Waals surface area contributed by atoms with Crippen molar-refractivity contribution in [2.24, 2.45) is 0 Å². The summed E-state index contributed by atoms with van der Waals surface area (Å²) in [6.07, 6.45) is -4.71. The van der Waals surface area contributed by atoms with E-state index in [2.05, 4.69) is 20.0 Å². The molecule has 0 saturated heterocycles. The molecule has 2 heterocycles. The fourth-order valence-electron chi connectivity index (χ4n) is 2.61. The average molecular weight is 391 g/mol. The molecule has 0 aliphatic carbocycles. The van der Waals surface area contributed by atoms with Crippen LogP contribution < -0.4 is 14.8 Å². The van der Waals surface area contributed by atoms with Crippen molar-refractivity contribution in [1.29, 1.82) is 0 Å². The normalized spacial score (nSPS) is 13.2. The summed E-state index contributed by atoms with van der Waals surface area (Å²) in [6, 6.07) is 11.0. The number of carbonyl (C=O) groups is 1. The fourth-order valence-corrected chi connectivity index (χ4v) is 2.61. The zero-order chi connectivity index (χ0) is 19.7. The molecular weight excluding hydrogens is 379 g/mol. The monoisotopic (exact) mass is 391 g/mol. The van der Waals surface area contributed by atoms with Crippen molar-refractivity contribution >= 4 is 11.6 Å². The van der Waals surface area contributed by atoms with Crippen molar-refractivity contribution < 1.29 is 32.0 Å². The number of benzene rings is 2. The second-order valence-electron chi connectivity index (χ2n) is 5.78. The number of rotatable bonds is 3. The maximum absolute atomic E-state index is 12.5. The van der Waals surface area contributed by atoms with Crippen LogP contribution in [0.25, 0.3) is 11.4 Å². The number of carbonyl (C=O) groups excluding carboxylic acids is 1. The van der Waals surface area contributed by atoms with E-state index in [1.807, 2.05) is 0 Å². The van der Waals surface area contributed by atoms with Gasteiger partial charge in [0.2, 0.25) is 5.82 Å². The highest BCUT2D eigenvalue weighted by Gasteiger charge is 2.38. The topological polar surface area (TPSA) is 86.5 Å². The summed E-state index contributed by atoms with van der Waals surface area (Å²) in [5.74, 6) is -1.17. The Morgan fingerprint density at radius 1 is 1.04 bits per heavy atom. The first-order valence-electron chi connectivity index (χ1n) is 8.13. The Morgan fingerprint density at radius 2 is 1.79 bits per heavy atom. The lowest BCUT2D eigenvalue weighted by Gasteiger charge is -2.20. The van der Waals surface area contributed by atoms with Crippen LogP contribution in [0.5, 0.6) is 11.5 Å². The third-order valence-electron chi connectivity index (χ3n) is 3.88. The van der Waals surface area contributed by atoms with Gasteiger partial charge < -0.3 is 19.3 Å². The molecule has 1 aliphatic rings. The molecule has 0 unspecified atom stereocenters. The smallest absolute Gasteiger partial charge is 0.471 e. The van der Waals surface area contributed by atoms with Gasteiger partial charge in [0.05, 0.1) is 5.56 Å². The van der Waals surface area contributed by atoms with Crippen LogP contribution in [0.3, 0.4) is 0 Å². The molecule has 1 amide bonds. The van der Waals surface area contributed by atoms with Gasteiger partial charge in [0.15, 0.2) is 11.5 Å². The Balaban J connectivity index is 1.51. The number of nitrogens with zero attached hydrogens (tertiary/aromatic N) is 2. The van der Waals surface area contributed by atoms with E-state index >= 15 is 0 Å². The molecule has 0 bridgehead atoms. The van der Waals surface area contributed by atoms with Gasteiger partial charge >= 0.3 is 12.1 Å². The van der Waals surface area contributed by atoms with Crippen LogP contribution in [0.1, 0.15) is 16.2 Å². The number of amides is 1. The molecule has 1 aliphatic heterocycles. The van der Waals surface area contributed by atoms with E-state index < -0.39 is 18.0 Å². The molecule has 2 aromatic carbocycles. The highest BCUT2D eigenvalue weighted by molar-refractivity contribution is 6.06. The van der Waals surface area contributed by atoms with E-state index in [4.69, 9.17) is 9.47 Å². The molecule has 0 radical (unpaired) electrons. The van der Waals surface area contributed by atoms with Crippen LogP contribution in [0.15, 0.2) is 47.0 Å². The molecule has 0 atom stereocenters. The first-order chi connectivity index (χ1) is 13.4. The van der Waals surface area contributed by atoms with E-state index in [1.54, 1.807) is 18.2 Å². The number of halogens is 3. The third kappa shape index (κ3) is 3.48. The maximum atomic E-state index is 12.5. The number of anilines is 1. The Hall–Kier alpha value is -3.56. The Labute approximate surface area is 156 Å². The highest BCUT2D eigenvalue weighted by Crippen LogP contribution is 2.34. The summed E-state index contributed by atoms with van der Waals surface area (Å²) in [7, 11) is 0. The summed E-state index contributed by atoms with van der Waals surface area (Å²) in [4.78, 5) is 15.9. The number of nitrogens with one attached hydrogen (secondary N) is 1. The average Bonchev–Trinajstić information content (AvgIpc) is 3.19. The molecule has 144 valence electrons. The lowest BCUT2D eigenvalue weighted by molar-refractivity contribution is -0.159. The van der Waals surface area contributed by atoms with Gasteiger partial charge in [-0.2, -0.15) is 18.2 Å². The molecule has 10 heteroatoms. The second kappa shape index (κ2) is 6.87. The van der Waals surface area contributed by atoms with E-state index in [0.717, 1.165) is 0 Å². The predicted molar refractivity (Wildman–Crippen MR) is 90.1 cm³/mol. The van der Waals surface area contributed by atoms with E-state index in [1.165, 1.54) is 24.3 Å². The zero-order valence-electron chi connectivity index (χ0n) is 14.1. The first-order valence-corrected chi connectivity index (χ1v) is 8.13. The van der Waals surface area contributed by atoms with Crippen LogP contribution in [0.2, 0.25) is 0 Å². The van der Waals surface area contributed by atoms with Crippen molar-refractivity contribution in [3.05, 3.63) is 53.9 Å². The molecule has 0 spiro atoms. The lowest BCUT2D eigenvalue weighted by atomic mass is 10.1. The van der Waals surface area contributed by atoms with Crippen molar-refractivity contribution in [1.82, 2.24) is 10.1 Å². The molecule has 1 aromatic heterocycles. The summed E-state index contributed by atoms with van der Waals surface area (Å²) in [6.45, 7) is 0.752. The SMILES string of the molecule is O=C(Nc1ccc(-c2noc(C(F)(F)F)n2)cc1)c1cccc2c1OCCO2. The number of para-hydroxylation sites is 1. The number of fused-ring (bicyclic) bond motifs is 1. The minimum absolute atomic E-state index is 0.201. The van der Waals surface area contributed by atoms with Gasteiger partial charge in [-0.25, -0.2) is 0 Å². The van der Waals surface area contributed by atoms with Crippen LogP contribution in [0.4, 0.5) is 18.9 Å². The fraction of sp³-hybridized carbons (Fsp3) is 0.167.